The second-order valence-corrected chi connectivity index (χ2v) is 19.8. The number of nitrogens with zero attached hydrogens (tertiary/aromatic N) is 3. The van der Waals surface area contributed by atoms with Gasteiger partial charge in [0, 0.05) is 46.0 Å². The molecule has 1 aliphatic carbocycles. The second kappa shape index (κ2) is 12.0. The van der Waals surface area contributed by atoms with E-state index in [9.17, 15) is 0 Å². The van der Waals surface area contributed by atoms with Crippen LogP contribution in [0.3, 0.4) is 0 Å². The third kappa shape index (κ3) is 5.88. The second-order valence-electron chi connectivity index (χ2n) is 19.8. The van der Waals surface area contributed by atoms with Gasteiger partial charge < -0.3 is 9.47 Å². The minimum absolute atomic E-state index is 0.0340. The molecule has 5 heteroatoms. The van der Waals surface area contributed by atoms with Gasteiger partial charge in [0.15, 0.2) is 5.60 Å². The average Bonchev–Trinajstić information content (AvgIpc) is 3.65. The fraction of sp³-hybridized carbons (Fsp3) is 0.400. The van der Waals surface area contributed by atoms with E-state index < -0.39 is 11.1 Å². The Labute approximate surface area is 327 Å². The van der Waals surface area contributed by atoms with Crippen molar-refractivity contribution in [3.8, 4) is 17.2 Å². The first-order valence-electron chi connectivity index (χ1n) is 19.8. The van der Waals surface area contributed by atoms with Crippen molar-refractivity contribution in [2.24, 2.45) is 10.4 Å². The fourth-order valence-corrected chi connectivity index (χ4v) is 9.29. The highest BCUT2D eigenvalue weighted by Gasteiger charge is 2.67. The number of fused-ring (bicyclic) bond motifs is 6. The standard InChI is InChI=1S/C50H57N3O2/c1-29-17-37(53-43-16-15-35(46(5,6)7)25-40(43)41-19-30(2)28-51-44(41)53)26-38(18-29)54-39-23-33(22-36(24-39)47(8,9)10)45-52-49(14)27-34-20-31(3)32(4)21-42(34)50(49,55-45)48(11,12)13/h15-26,28H,27H2,1-14H3/t49-,50-/m1/s1. The van der Waals surface area contributed by atoms with E-state index in [-0.39, 0.29) is 16.2 Å². The molecule has 0 spiro atoms. The number of benzene rings is 4. The zero-order valence-corrected chi connectivity index (χ0v) is 35.4. The van der Waals surface area contributed by atoms with Crippen molar-refractivity contribution in [2.45, 2.75) is 125 Å². The Morgan fingerprint density at radius 2 is 1.38 bits per heavy atom. The van der Waals surface area contributed by atoms with E-state index in [1.54, 1.807) is 0 Å². The van der Waals surface area contributed by atoms with Gasteiger partial charge in [0.05, 0.1) is 11.2 Å². The molecule has 0 N–H and O–H groups in total. The Bertz CT molecular complexity index is 2590. The average molecular weight is 732 g/mol. The summed E-state index contributed by atoms with van der Waals surface area (Å²) in [6.45, 7) is 31.3. The highest BCUT2D eigenvalue weighted by molar-refractivity contribution is 6.08. The Balaban J connectivity index is 1.23. The van der Waals surface area contributed by atoms with Gasteiger partial charge in [-0.1, -0.05) is 80.5 Å². The van der Waals surface area contributed by atoms with E-state index in [2.05, 4.69) is 174 Å². The van der Waals surface area contributed by atoms with Gasteiger partial charge in [0.1, 0.15) is 22.7 Å². The molecule has 5 nitrogen and oxygen atoms in total. The third-order valence-electron chi connectivity index (χ3n) is 12.2. The fourth-order valence-electron chi connectivity index (χ4n) is 9.29. The number of aryl methyl sites for hydroxylation is 4. The quantitative estimate of drug-likeness (QED) is 0.181. The number of rotatable bonds is 4. The van der Waals surface area contributed by atoms with E-state index in [0.717, 1.165) is 62.4 Å². The highest BCUT2D eigenvalue weighted by Crippen LogP contribution is 2.61. The minimum Gasteiger partial charge on any atom is -0.463 e. The van der Waals surface area contributed by atoms with Crippen LogP contribution in [0, 0.1) is 33.1 Å². The molecule has 8 rings (SSSR count). The Kier molecular flexibility index (Phi) is 8.12. The molecule has 2 atom stereocenters. The monoisotopic (exact) mass is 731 g/mol. The summed E-state index contributed by atoms with van der Waals surface area (Å²) in [5, 5.41) is 2.37. The van der Waals surface area contributed by atoms with Crippen molar-refractivity contribution in [1.29, 1.82) is 0 Å². The lowest BCUT2D eigenvalue weighted by Gasteiger charge is -2.46. The zero-order chi connectivity index (χ0) is 39.6. The molecule has 0 unspecified atom stereocenters. The van der Waals surface area contributed by atoms with Crippen LogP contribution in [0.25, 0.3) is 27.6 Å². The number of hydrogen-bond donors (Lipinski definition) is 0. The van der Waals surface area contributed by atoms with E-state index >= 15 is 0 Å². The van der Waals surface area contributed by atoms with Crippen molar-refractivity contribution in [3.63, 3.8) is 0 Å². The van der Waals surface area contributed by atoms with E-state index in [1.807, 2.05) is 6.20 Å². The lowest BCUT2D eigenvalue weighted by Crippen LogP contribution is -2.52. The first-order valence-corrected chi connectivity index (χ1v) is 19.8. The highest BCUT2D eigenvalue weighted by atomic mass is 16.5. The lowest BCUT2D eigenvalue weighted by atomic mass is 9.65. The Morgan fingerprint density at radius 3 is 2.07 bits per heavy atom. The van der Waals surface area contributed by atoms with Crippen molar-refractivity contribution < 1.29 is 9.47 Å². The maximum atomic E-state index is 7.31. The van der Waals surface area contributed by atoms with Crippen LogP contribution in [0.2, 0.25) is 0 Å². The summed E-state index contributed by atoms with van der Waals surface area (Å²) in [4.78, 5) is 10.5. The van der Waals surface area contributed by atoms with Crippen molar-refractivity contribution in [2.75, 3.05) is 0 Å². The van der Waals surface area contributed by atoms with Crippen LogP contribution in [0.4, 0.5) is 0 Å². The summed E-state index contributed by atoms with van der Waals surface area (Å²) >= 11 is 0. The minimum atomic E-state index is -0.601. The van der Waals surface area contributed by atoms with Gasteiger partial charge >= 0.3 is 0 Å². The van der Waals surface area contributed by atoms with Gasteiger partial charge in [-0.05, 0) is 133 Å². The van der Waals surface area contributed by atoms with E-state index in [4.69, 9.17) is 19.5 Å². The molecular weight excluding hydrogens is 675 g/mol. The maximum absolute atomic E-state index is 7.31. The Hall–Kier alpha value is -4.90. The molecule has 3 heterocycles. The number of pyridine rings is 1. The number of aromatic nitrogens is 2. The molecule has 2 aliphatic rings. The van der Waals surface area contributed by atoms with Gasteiger partial charge in [-0.25, -0.2) is 9.98 Å². The van der Waals surface area contributed by atoms with Gasteiger partial charge in [0.25, 0.3) is 0 Å². The molecule has 0 fully saturated rings. The van der Waals surface area contributed by atoms with Crippen LogP contribution >= 0.6 is 0 Å². The Morgan fingerprint density at radius 1 is 0.691 bits per heavy atom. The molecule has 284 valence electrons. The topological polar surface area (TPSA) is 48.6 Å². The maximum Gasteiger partial charge on any atom is 0.217 e. The molecule has 1 aliphatic heterocycles. The molecule has 55 heavy (non-hydrogen) atoms. The summed E-state index contributed by atoms with van der Waals surface area (Å²) in [7, 11) is 0. The summed E-state index contributed by atoms with van der Waals surface area (Å²) < 4.78 is 16.5. The summed E-state index contributed by atoms with van der Waals surface area (Å²) in [5.41, 5.74) is 12.6. The lowest BCUT2D eigenvalue weighted by molar-refractivity contribution is -0.0724. The zero-order valence-electron chi connectivity index (χ0n) is 35.4. The SMILES string of the molecule is Cc1cc(Oc2cc(C3=N[C@]4(C)Cc5cc(C)c(C)cc5[C@]4(C(C)(C)C)O3)cc(C(C)(C)C)c2)cc(-n2c3ccc(C(C)(C)C)cc3c3cc(C)cnc32)c1. The molecular formula is C50H57N3O2. The van der Waals surface area contributed by atoms with Crippen LogP contribution in [-0.2, 0) is 27.6 Å². The molecule has 0 saturated carbocycles. The molecule has 0 bridgehead atoms. The summed E-state index contributed by atoms with van der Waals surface area (Å²) in [5.74, 6) is 2.21. The van der Waals surface area contributed by atoms with Crippen molar-refractivity contribution >= 4 is 27.8 Å². The molecule has 6 aromatic rings. The normalized spacial score (nSPS) is 19.8. The van der Waals surface area contributed by atoms with Gasteiger partial charge in [0.2, 0.25) is 5.90 Å². The van der Waals surface area contributed by atoms with Gasteiger partial charge in [-0.15, -0.1) is 0 Å². The number of aliphatic imine (C=N–C) groups is 1. The largest absolute Gasteiger partial charge is 0.463 e. The number of hydrogen-bond acceptors (Lipinski definition) is 4. The van der Waals surface area contributed by atoms with E-state index in [0.29, 0.717) is 5.90 Å². The van der Waals surface area contributed by atoms with Crippen LogP contribution in [0.1, 0.15) is 119 Å². The molecule has 0 saturated heterocycles. The first-order chi connectivity index (χ1) is 25.6. The first kappa shape index (κ1) is 37.0. The van der Waals surface area contributed by atoms with Crippen molar-refractivity contribution in [3.05, 3.63) is 129 Å². The predicted octanol–water partition coefficient (Wildman–Crippen LogP) is 12.8. The van der Waals surface area contributed by atoms with E-state index in [1.165, 1.54) is 33.2 Å². The molecule has 0 radical (unpaired) electrons. The van der Waals surface area contributed by atoms with Gasteiger partial charge in [-0.3, -0.25) is 4.57 Å². The van der Waals surface area contributed by atoms with Gasteiger partial charge in [-0.2, -0.15) is 0 Å². The molecule has 2 aromatic heterocycles. The predicted molar refractivity (Wildman–Crippen MR) is 229 cm³/mol. The third-order valence-corrected chi connectivity index (χ3v) is 12.2. The smallest absolute Gasteiger partial charge is 0.217 e. The van der Waals surface area contributed by atoms with Crippen molar-refractivity contribution in [1.82, 2.24) is 9.55 Å². The molecule has 0 amide bonds. The van der Waals surface area contributed by atoms with Crippen LogP contribution in [-0.4, -0.2) is 21.0 Å². The number of ether oxygens (including phenoxy) is 2. The van der Waals surface area contributed by atoms with Crippen LogP contribution in [0.15, 0.2) is 84.0 Å². The van der Waals surface area contributed by atoms with Crippen LogP contribution < -0.4 is 4.74 Å². The van der Waals surface area contributed by atoms with Crippen LogP contribution in [0.5, 0.6) is 11.5 Å². The molecule has 4 aromatic carbocycles. The summed E-state index contributed by atoms with van der Waals surface area (Å²) in [6.07, 6.45) is 2.80. The summed E-state index contributed by atoms with van der Waals surface area (Å²) in [6, 6.07) is 26.8.